The second-order valence-corrected chi connectivity index (χ2v) is 8.81. The molecule has 1 unspecified atom stereocenters. The van der Waals surface area contributed by atoms with Crippen LogP contribution in [0.1, 0.15) is 47.8 Å². The van der Waals surface area contributed by atoms with Crippen molar-refractivity contribution in [2.75, 3.05) is 5.32 Å². The van der Waals surface area contributed by atoms with Crippen molar-refractivity contribution in [3.63, 3.8) is 0 Å². The molecule has 0 bridgehead atoms. The van der Waals surface area contributed by atoms with Crippen LogP contribution in [0.2, 0.25) is 0 Å². The number of aromatic nitrogens is 1. The van der Waals surface area contributed by atoms with Gasteiger partial charge in [-0.1, -0.05) is 30.7 Å². The highest BCUT2D eigenvalue weighted by molar-refractivity contribution is 7.16. The quantitative estimate of drug-likeness (QED) is 0.338. The van der Waals surface area contributed by atoms with E-state index in [1.165, 1.54) is 29.2 Å². The lowest BCUT2D eigenvalue weighted by molar-refractivity contribution is -0.148. The number of aryl methyl sites for hydroxylation is 1. The Bertz CT molecular complexity index is 1230. The minimum absolute atomic E-state index is 0.452. The molecule has 3 aromatic rings. The maximum atomic E-state index is 12.6. The lowest BCUT2D eigenvalue weighted by Crippen LogP contribution is -2.29. The van der Waals surface area contributed by atoms with Crippen LogP contribution in [0.3, 0.4) is 0 Å². The van der Waals surface area contributed by atoms with Gasteiger partial charge in [-0.05, 0) is 50.3 Å². The Morgan fingerprint density at radius 2 is 2.03 bits per heavy atom. The molecule has 0 radical (unpaired) electrons. The van der Waals surface area contributed by atoms with Gasteiger partial charge in [-0.25, -0.2) is 4.79 Å². The maximum Gasteiger partial charge on any atom is 0.331 e. The van der Waals surface area contributed by atoms with E-state index < -0.39 is 18.0 Å². The van der Waals surface area contributed by atoms with Gasteiger partial charge in [0.15, 0.2) is 6.10 Å². The molecule has 4 rings (SSSR count). The van der Waals surface area contributed by atoms with Gasteiger partial charge in [0, 0.05) is 28.1 Å². The average molecular weight is 446 g/mol. The molecule has 7 heteroatoms. The molecule has 0 spiro atoms. The van der Waals surface area contributed by atoms with Gasteiger partial charge in [0.1, 0.15) is 11.1 Å². The molecule has 0 aliphatic heterocycles. The zero-order valence-corrected chi connectivity index (χ0v) is 18.6. The van der Waals surface area contributed by atoms with E-state index in [9.17, 15) is 14.9 Å². The molecular formula is C25H23N3O3S. The van der Waals surface area contributed by atoms with Gasteiger partial charge in [-0.3, -0.25) is 9.78 Å². The molecule has 0 fully saturated rings. The summed E-state index contributed by atoms with van der Waals surface area (Å²) in [5, 5.41) is 13.9. The van der Waals surface area contributed by atoms with Crippen LogP contribution in [0.4, 0.5) is 5.00 Å². The van der Waals surface area contributed by atoms with E-state index in [4.69, 9.17) is 4.74 Å². The van der Waals surface area contributed by atoms with Crippen molar-refractivity contribution in [2.45, 2.75) is 45.1 Å². The van der Waals surface area contributed by atoms with Crippen LogP contribution in [-0.4, -0.2) is 23.0 Å². The van der Waals surface area contributed by atoms with Gasteiger partial charge in [0.25, 0.3) is 5.91 Å². The first-order valence-corrected chi connectivity index (χ1v) is 11.5. The van der Waals surface area contributed by atoms with E-state index in [0.717, 1.165) is 54.1 Å². The number of para-hydroxylation sites is 1. The maximum absolute atomic E-state index is 12.6. The number of amides is 1. The predicted molar refractivity (Wildman–Crippen MR) is 125 cm³/mol. The summed E-state index contributed by atoms with van der Waals surface area (Å²) >= 11 is 1.46. The predicted octanol–water partition coefficient (Wildman–Crippen LogP) is 5.02. The Morgan fingerprint density at radius 3 is 2.88 bits per heavy atom. The van der Waals surface area contributed by atoms with Gasteiger partial charge in [-0.15, -0.1) is 11.3 Å². The number of thiophene rings is 1. The summed E-state index contributed by atoms with van der Waals surface area (Å²) in [6.07, 6.45) is 8.73. The first kappa shape index (κ1) is 21.7. The molecule has 32 heavy (non-hydrogen) atoms. The Hall–Kier alpha value is -3.50. The van der Waals surface area contributed by atoms with E-state index >= 15 is 0 Å². The van der Waals surface area contributed by atoms with Gasteiger partial charge in [0.05, 0.1) is 11.1 Å². The van der Waals surface area contributed by atoms with E-state index in [0.29, 0.717) is 10.6 Å². The summed E-state index contributed by atoms with van der Waals surface area (Å²) in [4.78, 5) is 30.4. The fourth-order valence-corrected chi connectivity index (χ4v) is 5.09. The highest BCUT2D eigenvalue weighted by Crippen LogP contribution is 2.37. The number of fused-ring (bicyclic) bond motifs is 2. The topological polar surface area (TPSA) is 92.1 Å². The number of esters is 1. The van der Waals surface area contributed by atoms with Crippen molar-refractivity contribution in [1.29, 1.82) is 5.26 Å². The van der Waals surface area contributed by atoms with Crippen molar-refractivity contribution >= 4 is 45.2 Å². The van der Waals surface area contributed by atoms with Crippen LogP contribution < -0.4 is 5.32 Å². The second kappa shape index (κ2) is 9.75. The number of rotatable bonds is 5. The van der Waals surface area contributed by atoms with Crippen molar-refractivity contribution in [3.8, 4) is 6.07 Å². The third kappa shape index (κ3) is 4.71. The van der Waals surface area contributed by atoms with Gasteiger partial charge >= 0.3 is 5.97 Å². The standard InChI is InChI=1S/C25H23N3O3S/c1-16(24(30)28-25-20(15-26)19-10-3-2-4-11-21(19)32-25)31-22(29)13-12-18-8-5-7-17-9-6-14-27-23(17)18/h5-9,12-14,16H,2-4,10-11H2,1H3,(H,28,30)/b13-12+. The fourth-order valence-electron chi connectivity index (χ4n) is 3.85. The normalized spacial score (nSPS) is 14.4. The van der Waals surface area contributed by atoms with Crippen molar-refractivity contribution in [1.82, 2.24) is 4.98 Å². The van der Waals surface area contributed by atoms with E-state index in [-0.39, 0.29) is 0 Å². The molecule has 6 nitrogen and oxygen atoms in total. The monoisotopic (exact) mass is 445 g/mol. The molecular weight excluding hydrogens is 422 g/mol. The number of nitrogens with one attached hydrogen (secondary N) is 1. The van der Waals surface area contributed by atoms with Crippen LogP contribution in [0.5, 0.6) is 0 Å². The number of carbonyl (C=O) groups excluding carboxylic acids is 2. The molecule has 1 N–H and O–H groups in total. The third-order valence-electron chi connectivity index (χ3n) is 5.49. The van der Waals surface area contributed by atoms with Crippen LogP contribution >= 0.6 is 11.3 Å². The number of nitriles is 1. The number of hydrogen-bond acceptors (Lipinski definition) is 6. The van der Waals surface area contributed by atoms with Crippen molar-refractivity contribution < 1.29 is 14.3 Å². The van der Waals surface area contributed by atoms with Crippen LogP contribution in [0, 0.1) is 11.3 Å². The number of ether oxygens (including phenoxy) is 1. The lowest BCUT2D eigenvalue weighted by Gasteiger charge is -2.12. The molecule has 1 aliphatic carbocycles. The molecule has 0 saturated heterocycles. The highest BCUT2D eigenvalue weighted by atomic mass is 32.1. The first-order valence-electron chi connectivity index (χ1n) is 10.6. The highest BCUT2D eigenvalue weighted by Gasteiger charge is 2.23. The third-order valence-corrected chi connectivity index (χ3v) is 6.70. The minimum atomic E-state index is -0.994. The number of benzene rings is 1. The van der Waals surface area contributed by atoms with Crippen LogP contribution in [0.15, 0.2) is 42.6 Å². The van der Waals surface area contributed by atoms with E-state index in [2.05, 4.69) is 16.4 Å². The SMILES string of the molecule is CC(OC(=O)/C=C/c1cccc2cccnc12)C(=O)Nc1sc2c(c1C#N)CCCCC2. The molecule has 1 amide bonds. The average Bonchev–Trinajstić information content (AvgIpc) is 2.96. The summed E-state index contributed by atoms with van der Waals surface area (Å²) in [5.41, 5.74) is 3.17. The van der Waals surface area contributed by atoms with Crippen LogP contribution in [0.25, 0.3) is 17.0 Å². The molecule has 2 aromatic heterocycles. The fraction of sp³-hybridized carbons (Fsp3) is 0.280. The van der Waals surface area contributed by atoms with Crippen molar-refractivity contribution in [2.24, 2.45) is 0 Å². The molecule has 162 valence electrons. The summed E-state index contributed by atoms with van der Waals surface area (Å²) in [6, 6.07) is 11.7. The first-order chi connectivity index (χ1) is 15.6. The summed E-state index contributed by atoms with van der Waals surface area (Å²) in [7, 11) is 0. The summed E-state index contributed by atoms with van der Waals surface area (Å²) < 4.78 is 5.28. The molecule has 1 aliphatic rings. The number of hydrogen-bond donors (Lipinski definition) is 1. The van der Waals surface area contributed by atoms with Crippen LogP contribution in [-0.2, 0) is 27.2 Å². The Labute approximate surface area is 190 Å². The molecule has 1 aromatic carbocycles. The van der Waals surface area contributed by atoms with Crippen molar-refractivity contribution in [3.05, 3.63) is 64.2 Å². The number of carbonyl (C=O) groups is 2. The van der Waals surface area contributed by atoms with E-state index in [1.807, 2.05) is 30.3 Å². The lowest BCUT2D eigenvalue weighted by atomic mass is 10.1. The Kier molecular flexibility index (Phi) is 6.62. The molecule has 1 atom stereocenters. The Balaban J connectivity index is 1.41. The largest absolute Gasteiger partial charge is 0.449 e. The zero-order valence-electron chi connectivity index (χ0n) is 17.8. The number of anilines is 1. The number of pyridine rings is 1. The molecule has 2 heterocycles. The zero-order chi connectivity index (χ0) is 22.5. The number of nitrogens with zero attached hydrogens (tertiary/aromatic N) is 2. The molecule has 0 saturated carbocycles. The van der Waals surface area contributed by atoms with Gasteiger partial charge in [-0.2, -0.15) is 5.26 Å². The smallest absolute Gasteiger partial charge is 0.331 e. The van der Waals surface area contributed by atoms with Gasteiger partial charge < -0.3 is 10.1 Å². The summed E-state index contributed by atoms with van der Waals surface area (Å²) in [6.45, 7) is 1.52. The minimum Gasteiger partial charge on any atom is -0.449 e. The van der Waals surface area contributed by atoms with Gasteiger partial charge in [0.2, 0.25) is 0 Å². The summed E-state index contributed by atoms with van der Waals surface area (Å²) in [5.74, 6) is -1.07. The van der Waals surface area contributed by atoms with E-state index in [1.54, 1.807) is 12.3 Å². The second-order valence-electron chi connectivity index (χ2n) is 7.70. The Morgan fingerprint density at radius 1 is 1.22 bits per heavy atom.